The van der Waals surface area contributed by atoms with Crippen LogP contribution in [0, 0.1) is 0 Å². The zero-order valence-corrected chi connectivity index (χ0v) is 14.2. The second-order valence-electron chi connectivity index (χ2n) is 5.66. The molecular weight excluding hydrogens is 308 g/mol. The molecule has 1 aromatic heterocycles. The summed E-state index contributed by atoms with van der Waals surface area (Å²) in [4.78, 5) is 29.3. The maximum Gasteiger partial charge on any atom is 0.264 e. The van der Waals surface area contributed by atoms with Gasteiger partial charge in [-0.05, 0) is 42.5 Å². The van der Waals surface area contributed by atoms with Crippen LogP contribution in [0.2, 0.25) is 0 Å². The van der Waals surface area contributed by atoms with Crippen LogP contribution in [0.25, 0.3) is 0 Å². The van der Waals surface area contributed by atoms with Crippen LogP contribution < -0.4 is 4.90 Å². The van der Waals surface area contributed by atoms with Crippen molar-refractivity contribution >= 4 is 28.8 Å². The summed E-state index contributed by atoms with van der Waals surface area (Å²) < 4.78 is 0. The highest BCUT2D eigenvalue weighted by Gasteiger charge is 2.35. The van der Waals surface area contributed by atoms with Crippen LogP contribution in [-0.4, -0.2) is 35.8 Å². The Labute approximate surface area is 140 Å². The maximum atomic E-state index is 12.7. The fourth-order valence-electron chi connectivity index (χ4n) is 2.86. The lowest BCUT2D eigenvalue weighted by Gasteiger charge is -2.39. The first kappa shape index (κ1) is 15.7. The Morgan fingerprint density at radius 3 is 2.57 bits per heavy atom. The van der Waals surface area contributed by atoms with Gasteiger partial charge in [-0.25, -0.2) is 0 Å². The number of nitrogens with zero attached hydrogens (tertiary/aromatic N) is 2. The van der Waals surface area contributed by atoms with Gasteiger partial charge in [-0.2, -0.15) is 0 Å². The first-order valence-electron chi connectivity index (χ1n) is 7.86. The predicted octanol–water partition coefficient (Wildman–Crippen LogP) is 3.19. The molecule has 1 saturated heterocycles. The molecule has 1 aromatic carbocycles. The van der Waals surface area contributed by atoms with Crippen molar-refractivity contribution in [3.8, 4) is 0 Å². The minimum Gasteiger partial charge on any atom is -0.324 e. The van der Waals surface area contributed by atoms with Gasteiger partial charge in [0.2, 0.25) is 5.91 Å². The van der Waals surface area contributed by atoms with Crippen LogP contribution >= 0.6 is 11.3 Å². The molecule has 0 radical (unpaired) electrons. The Balaban J connectivity index is 1.76. The zero-order valence-electron chi connectivity index (χ0n) is 13.4. The Bertz CT molecular complexity index is 694. The van der Waals surface area contributed by atoms with Crippen molar-refractivity contribution in [2.45, 2.75) is 26.3 Å². The number of carbonyl (C=O) groups is 2. The molecule has 0 bridgehead atoms. The lowest BCUT2D eigenvalue weighted by atomic mass is 10.1. The number of rotatable bonds is 3. The highest BCUT2D eigenvalue weighted by atomic mass is 32.1. The summed E-state index contributed by atoms with van der Waals surface area (Å²) in [7, 11) is 0. The van der Waals surface area contributed by atoms with Crippen molar-refractivity contribution < 1.29 is 9.59 Å². The Morgan fingerprint density at radius 1 is 1.22 bits per heavy atom. The van der Waals surface area contributed by atoms with Gasteiger partial charge >= 0.3 is 0 Å². The molecular formula is C18H20N2O2S. The van der Waals surface area contributed by atoms with Crippen molar-refractivity contribution in [1.29, 1.82) is 0 Å². The van der Waals surface area contributed by atoms with Crippen molar-refractivity contribution in [2.75, 3.05) is 18.0 Å². The SMILES string of the molecule is CCc1ccc(N2CCN(C(=O)c3cccs3)C(C)C2=O)cc1. The number of carbonyl (C=O) groups excluding carboxylic acids is 2. The van der Waals surface area contributed by atoms with Crippen LogP contribution in [0.5, 0.6) is 0 Å². The van der Waals surface area contributed by atoms with Gasteiger partial charge in [0.25, 0.3) is 5.91 Å². The number of anilines is 1. The second-order valence-corrected chi connectivity index (χ2v) is 6.61. The van der Waals surface area contributed by atoms with Gasteiger partial charge in [0, 0.05) is 18.8 Å². The monoisotopic (exact) mass is 328 g/mol. The molecule has 1 fully saturated rings. The molecule has 0 spiro atoms. The minimum atomic E-state index is -0.441. The molecule has 0 saturated carbocycles. The number of aryl methyl sites for hydroxylation is 1. The van der Waals surface area contributed by atoms with Crippen molar-refractivity contribution in [2.24, 2.45) is 0 Å². The molecule has 5 heteroatoms. The molecule has 2 amide bonds. The standard InChI is InChI=1S/C18H20N2O2S/c1-3-14-6-8-15(9-7-14)20-11-10-19(13(2)17(20)21)18(22)16-5-4-12-23-16/h4-9,12-13H,3,10-11H2,1-2H3. The molecule has 4 nitrogen and oxygen atoms in total. The van der Waals surface area contributed by atoms with Gasteiger partial charge in [-0.15, -0.1) is 11.3 Å². The van der Waals surface area contributed by atoms with E-state index in [2.05, 4.69) is 19.1 Å². The molecule has 23 heavy (non-hydrogen) atoms. The molecule has 120 valence electrons. The highest BCUT2D eigenvalue weighted by molar-refractivity contribution is 7.12. The third-order valence-corrected chi connectivity index (χ3v) is 5.16. The first-order chi connectivity index (χ1) is 11.1. The topological polar surface area (TPSA) is 40.6 Å². The smallest absolute Gasteiger partial charge is 0.264 e. The van der Waals surface area contributed by atoms with E-state index in [1.807, 2.05) is 23.6 Å². The highest BCUT2D eigenvalue weighted by Crippen LogP contribution is 2.23. The second kappa shape index (κ2) is 6.54. The van der Waals surface area contributed by atoms with Crippen LogP contribution in [-0.2, 0) is 11.2 Å². The van der Waals surface area contributed by atoms with E-state index in [0.717, 1.165) is 12.1 Å². The van der Waals surface area contributed by atoms with Gasteiger partial charge in [-0.1, -0.05) is 25.1 Å². The fourth-order valence-corrected chi connectivity index (χ4v) is 3.54. The summed E-state index contributed by atoms with van der Waals surface area (Å²) in [5.74, 6) is -0.0766. The van der Waals surface area contributed by atoms with E-state index in [1.165, 1.54) is 16.9 Å². The van der Waals surface area contributed by atoms with Crippen molar-refractivity contribution in [1.82, 2.24) is 4.90 Å². The minimum absolute atomic E-state index is 0.0228. The molecule has 1 aliphatic heterocycles. The van der Waals surface area contributed by atoms with E-state index in [4.69, 9.17) is 0 Å². The third-order valence-electron chi connectivity index (χ3n) is 4.30. The summed E-state index contributed by atoms with van der Waals surface area (Å²) in [6.07, 6.45) is 0.980. The number of hydrogen-bond acceptors (Lipinski definition) is 3. The van der Waals surface area contributed by atoms with E-state index >= 15 is 0 Å². The van der Waals surface area contributed by atoms with Gasteiger partial charge in [-0.3, -0.25) is 9.59 Å². The molecule has 1 unspecified atom stereocenters. The average Bonchev–Trinajstić information content (AvgIpc) is 3.11. The molecule has 1 aliphatic rings. The van der Waals surface area contributed by atoms with Crippen LogP contribution in [0.15, 0.2) is 41.8 Å². The third kappa shape index (κ3) is 3.01. The molecule has 1 atom stereocenters. The summed E-state index contributed by atoms with van der Waals surface area (Å²) in [5, 5.41) is 1.88. The zero-order chi connectivity index (χ0) is 16.4. The average molecular weight is 328 g/mol. The van der Waals surface area contributed by atoms with E-state index in [-0.39, 0.29) is 11.8 Å². The van der Waals surface area contributed by atoms with Crippen LogP contribution in [0.1, 0.15) is 29.1 Å². The van der Waals surface area contributed by atoms with Gasteiger partial charge in [0.1, 0.15) is 6.04 Å². The molecule has 0 N–H and O–H groups in total. The molecule has 0 aliphatic carbocycles. The Kier molecular flexibility index (Phi) is 4.48. The summed E-state index contributed by atoms with van der Waals surface area (Å²) in [5.41, 5.74) is 2.16. The quantitative estimate of drug-likeness (QED) is 0.868. The number of piperazine rings is 1. The predicted molar refractivity (Wildman–Crippen MR) is 93.0 cm³/mol. The van der Waals surface area contributed by atoms with Gasteiger partial charge < -0.3 is 9.80 Å². The van der Waals surface area contributed by atoms with Crippen LogP contribution in [0.3, 0.4) is 0 Å². The van der Waals surface area contributed by atoms with E-state index in [9.17, 15) is 9.59 Å². The molecule has 2 heterocycles. The number of hydrogen-bond donors (Lipinski definition) is 0. The van der Waals surface area contributed by atoms with Gasteiger partial charge in [0.15, 0.2) is 0 Å². The first-order valence-corrected chi connectivity index (χ1v) is 8.74. The molecule has 3 rings (SSSR count). The maximum absolute atomic E-state index is 12.7. The lowest BCUT2D eigenvalue weighted by molar-refractivity contribution is -0.124. The largest absolute Gasteiger partial charge is 0.324 e. The number of amides is 2. The van der Waals surface area contributed by atoms with Crippen molar-refractivity contribution in [3.63, 3.8) is 0 Å². The summed E-state index contributed by atoms with van der Waals surface area (Å²) in [6.45, 7) is 5.00. The van der Waals surface area contributed by atoms with E-state index < -0.39 is 6.04 Å². The van der Waals surface area contributed by atoms with E-state index in [0.29, 0.717) is 18.0 Å². The number of thiophene rings is 1. The Hall–Kier alpha value is -2.14. The van der Waals surface area contributed by atoms with Crippen molar-refractivity contribution in [3.05, 3.63) is 52.2 Å². The Morgan fingerprint density at radius 2 is 1.96 bits per heavy atom. The normalized spacial score (nSPS) is 18.3. The summed E-state index contributed by atoms with van der Waals surface area (Å²) in [6, 6.07) is 11.3. The number of benzene rings is 1. The van der Waals surface area contributed by atoms with Crippen LogP contribution in [0.4, 0.5) is 5.69 Å². The van der Waals surface area contributed by atoms with Gasteiger partial charge in [0.05, 0.1) is 4.88 Å². The lowest BCUT2D eigenvalue weighted by Crippen LogP contribution is -2.57. The van der Waals surface area contributed by atoms with E-state index in [1.54, 1.807) is 22.8 Å². The molecule has 2 aromatic rings. The summed E-state index contributed by atoms with van der Waals surface area (Å²) >= 11 is 1.41. The fraction of sp³-hybridized carbons (Fsp3) is 0.333.